The second kappa shape index (κ2) is 9.65. The molecule has 1 fully saturated rings. The van der Waals surface area contributed by atoms with Crippen LogP contribution in [0.5, 0.6) is 0 Å². The minimum Gasteiger partial charge on any atom is -0.381 e. The first kappa shape index (κ1) is 25.3. The van der Waals surface area contributed by atoms with Crippen molar-refractivity contribution in [1.29, 1.82) is 0 Å². The third-order valence-electron chi connectivity index (χ3n) is 7.41. The Bertz CT molecular complexity index is 1840. The molecule has 1 aliphatic rings. The van der Waals surface area contributed by atoms with Crippen LogP contribution in [0, 0.1) is 11.7 Å². The third kappa shape index (κ3) is 4.31. The largest absolute Gasteiger partial charge is 0.381 e. The van der Waals surface area contributed by atoms with Gasteiger partial charge in [0.2, 0.25) is 0 Å². The molecule has 6 rings (SSSR count). The highest BCUT2D eigenvalue weighted by atomic mass is 32.2. The van der Waals surface area contributed by atoms with E-state index in [1.807, 2.05) is 16.7 Å². The average molecular weight is 547 g/mol. The zero-order chi connectivity index (χ0) is 27.3. The van der Waals surface area contributed by atoms with Gasteiger partial charge in [0.15, 0.2) is 14.9 Å². The number of nitrogens with zero attached hydrogens (tertiary/aromatic N) is 6. The molecule has 0 spiro atoms. The molecule has 0 radical (unpaired) electrons. The second-order valence-electron chi connectivity index (χ2n) is 9.84. The Labute approximate surface area is 224 Å². The number of sulfone groups is 1. The maximum atomic E-state index is 15.5. The number of hydrogen-bond acceptors (Lipinski definition) is 7. The molecule has 4 aromatic heterocycles. The van der Waals surface area contributed by atoms with Crippen LogP contribution < -0.4 is 0 Å². The van der Waals surface area contributed by atoms with Crippen LogP contribution in [0.15, 0.2) is 60.4 Å². The highest BCUT2D eigenvalue weighted by Crippen LogP contribution is 2.42. The van der Waals surface area contributed by atoms with E-state index < -0.39 is 15.9 Å². The lowest BCUT2D eigenvalue weighted by Crippen LogP contribution is -2.27. The van der Waals surface area contributed by atoms with Gasteiger partial charge < -0.3 is 9.30 Å². The Morgan fingerprint density at radius 2 is 1.90 bits per heavy atom. The van der Waals surface area contributed by atoms with Gasteiger partial charge in [-0.1, -0.05) is 30.0 Å². The Hall–Kier alpha value is -3.96. The number of halogens is 1. The third-order valence-corrected chi connectivity index (χ3v) is 8.40. The van der Waals surface area contributed by atoms with E-state index in [4.69, 9.17) is 9.72 Å². The van der Waals surface area contributed by atoms with Crippen molar-refractivity contribution in [1.82, 2.24) is 29.5 Å². The Morgan fingerprint density at radius 3 is 2.62 bits per heavy atom. The van der Waals surface area contributed by atoms with Gasteiger partial charge in [-0.25, -0.2) is 22.5 Å². The van der Waals surface area contributed by atoms with E-state index in [0.29, 0.717) is 40.9 Å². The van der Waals surface area contributed by atoms with Crippen LogP contribution in [0.4, 0.5) is 4.39 Å². The van der Waals surface area contributed by atoms with Gasteiger partial charge in [0, 0.05) is 55.4 Å². The van der Waals surface area contributed by atoms with Crippen molar-refractivity contribution in [3.8, 4) is 11.3 Å². The van der Waals surface area contributed by atoms with Gasteiger partial charge in [-0.3, -0.25) is 4.98 Å². The quantitative estimate of drug-likeness (QED) is 0.307. The molecule has 0 saturated carbocycles. The van der Waals surface area contributed by atoms with E-state index in [1.54, 1.807) is 48.4 Å². The summed E-state index contributed by atoms with van der Waals surface area (Å²) in [6.45, 7) is 4.99. The fourth-order valence-electron chi connectivity index (χ4n) is 5.61. The number of aromatic nitrogens is 6. The zero-order valence-electron chi connectivity index (χ0n) is 21.6. The smallest absolute Gasteiger partial charge is 0.192 e. The predicted octanol–water partition coefficient (Wildman–Crippen LogP) is 4.58. The fourth-order valence-corrected chi connectivity index (χ4v) is 6.18. The molecule has 0 bridgehead atoms. The average Bonchev–Trinajstić information content (AvgIpc) is 3.47. The van der Waals surface area contributed by atoms with Gasteiger partial charge in [-0.15, -0.1) is 5.10 Å². The highest BCUT2D eigenvalue weighted by molar-refractivity contribution is 7.90. The van der Waals surface area contributed by atoms with Crippen LogP contribution in [0.2, 0.25) is 0 Å². The van der Waals surface area contributed by atoms with Crippen molar-refractivity contribution in [3.63, 3.8) is 0 Å². The molecule has 0 N–H and O–H groups in total. The lowest BCUT2D eigenvalue weighted by molar-refractivity contribution is 0.0548. The van der Waals surface area contributed by atoms with Crippen LogP contribution in [0.3, 0.4) is 0 Å². The zero-order valence-corrected chi connectivity index (χ0v) is 22.4. The number of rotatable bonds is 6. The van der Waals surface area contributed by atoms with E-state index >= 15 is 4.39 Å². The molecule has 39 heavy (non-hydrogen) atoms. The monoisotopic (exact) mass is 546 g/mol. The molecule has 0 aliphatic carbocycles. The molecule has 11 heteroatoms. The first-order valence-corrected chi connectivity index (χ1v) is 14.5. The number of fused-ring (bicyclic) bond motifs is 3. The summed E-state index contributed by atoms with van der Waals surface area (Å²) in [5, 5.41) is 8.95. The fraction of sp³-hybridized carbons (Fsp3) is 0.286. The molecule has 200 valence electrons. The van der Waals surface area contributed by atoms with Gasteiger partial charge in [-0.05, 0) is 43.0 Å². The summed E-state index contributed by atoms with van der Waals surface area (Å²) < 4.78 is 49.9. The van der Waals surface area contributed by atoms with Gasteiger partial charge >= 0.3 is 0 Å². The maximum Gasteiger partial charge on any atom is 0.192 e. The van der Waals surface area contributed by atoms with Gasteiger partial charge in [0.1, 0.15) is 11.5 Å². The van der Waals surface area contributed by atoms with Crippen molar-refractivity contribution in [2.75, 3.05) is 19.5 Å². The van der Waals surface area contributed by atoms with Crippen LogP contribution in [0.1, 0.15) is 30.1 Å². The number of ether oxygens (including phenoxy) is 1. The molecule has 1 saturated heterocycles. The van der Waals surface area contributed by atoms with Crippen molar-refractivity contribution in [2.24, 2.45) is 13.0 Å². The predicted molar refractivity (Wildman–Crippen MR) is 146 cm³/mol. The van der Waals surface area contributed by atoms with Gasteiger partial charge in [0.25, 0.3) is 0 Å². The van der Waals surface area contributed by atoms with E-state index in [9.17, 15) is 8.42 Å². The first-order valence-electron chi connectivity index (χ1n) is 12.6. The standard InChI is InChI=1S/C28H27FN6O3S/c1-4-22-28(34(2)33-32-22)18-13-24-26(31-15-18)20-16-30-25(39(3,36)37)14-23(20)35(24)27(17-9-11-38-12-10-17)19-7-5-6-8-21(19)29/h4-8,13-17,27H,1,9-12H2,2-3H3/t27-/m0/s1. The normalized spacial score (nSPS) is 15.7. The summed E-state index contributed by atoms with van der Waals surface area (Å²) in [6, 6.07) is 9.85. The SMILES string of the molecule is C=Cc1nnn(C)c1-c1cnc2c3cnc(S(C)(=O)=O)cc3n([C@H](c3ccccc3F)C3CCOCC3)c2c1. The summed E-state index contributed by atoms with van der Waals surface area (Å²) in [5.41, 5.74) is 4.62. The second-order valence-corrected chi connectivity index (χ2v) is 11.8. The molecular weight excluding hydrogens is 519 g/mol. The van der Waals surface area contributed by atoms with Crippen molar-refractivity contribution in [2.45, 2.75) is 23.9 Å². The Morgan fingerprint density at radius 1 is 1.13 bits per heavy atom. The van der Waals surface area contributed by atoms with Gasteiger partial charge in [0.05, 0.1) is 28.3 Å². The van der Waals surface area contributed by atoms with Crippen molar-refractivity contribution in [3.05, 3.63) is 72.4 Å². The summed E-state index contributed by atoms with van der Waals surface area (Å²) in [7, 11) is -1.81. The van der Waals surface area contributed by atoms with Crippen LogP contribution in [0.25, 0.3) is 39.3 Å². The molecule has 5 aromatic rings. The minimum atomic E-state index is -3.60. The topological polar surface area (TPSA) is 105 Å². The maximum absolute atomic E-state index is 15.5. The van der Waals surface area contributed by atoms with E-state index in [-0.39, 0.29) is 16.8 Å². The van der Waals surface area contributed by atoms with Crippen molar-refractivity contribution >= 4 is 37.8 Å². The van der Waals surface area contributed by atoms with Crippen LogP contribution >= 0.6 is 0 Å². The summed E-state index contributed by atoms with van der Waals surface area (Å²) >= 11 is 0. The lowest BCUT2D eigenvalue weighted by atomic mass is 9.86. The molecule has 1 aliphatic heterocycles. The van der Waals surface area contributed by atoms with E-state index in [1.165, 1.54) is 6.07 Å². The molecular formula is C28H27FN6O3S. The van der Waals surface area contributed by atoms with Crippen molar-refractivity contribution < 1.29 is 17.5 Å². The highest BCUT2D eigenvalue weighted by Gasteiger charge is 2.32. The number of hydrogen-bond donors (Lipinski definition) is 0. The van der Waals surface area contributed by atoms with Crippen LogP contribution in [-0.4, -0.2) is 57.4 Å². The molecule has 9 nitrogen and oxygen atoms in total. The van der Waals surface area contributed by atoms with Crippen LogP contribution in [-0.2, 0) is 21.6 Å². The molecule has 0 amide bonds. The minimum absolute atomic E-state index is 0.0371. The summed E-state index contributed by atoms with van der Waals surface area (Å²) in [4.78, 5) is 9.05. The first-order chi connectivity index (χ1) is 18.8. The Kier molecular flexibility index (Phi) is 6.27. The van der Waals surface area contributed by atoms with E-state index in [0.717, 1.165) is 35.9 Å². The van der Waals surface area contributed by atoms with E-state index in [2.05, 4.69) is 21.9 Å². The lowest BCUT2D eigenvalue weighted by Gasteiger charge is -2.33. The summed E-state index contributed by atoms with van der Waals surface area (Å²) in [6.07, 6.45) is 7.49. The number of benzene rings is 1. The number of pyridine rings is 2. The molecule has 1 atom stereocenters. The van der Waals surface area contributed by atoms with Gasteiger partial charge in [-0.2, -0.15) is 0 Å². The molecule has 5 heterocycles. The molecule has 0 unspecified atom stereocenters. The summed E-state index contributed by atoms with van der Waals surface area (Å²) in [5.74, 6) is -0.287. The molecule has 1 aromatic carbocycles. The Balaban J connectivity index is 1.73. The number of aryl methyl sites for hydroxylation is 1.